The van der Waals surface area contributed by atoms with Gasteiger partial charge in [0.15, 0.2) is 0 Å². The van der Waals surface area contributed by atoms with E-state index in [9.17, 15) is 19.2 Å². The summed E-state index contributed by atoms with van der Waals surface area (Å²) in [4.78, 5) is 48.5. The highest BCUT2D eigenvalue weighted by atomic mass is 16.5. The molecular weight excluding hydrogens is 374 g/mol. The van der Waals surface area contributed by atoms with Crippen molar-refractivity contribution >= 4 is 23.7 Å². The van der Waals surface area contributed by atoms with Crippen LogP contribution in [0.3, 0.4) is 0 Å². The lowest BCUT2D eigenvalue weighted by Crippen LogP contribution is -2.57. The molecule has 2 rings (SSSR count). The molecule has 158 valence electrons. The zero-order valence-corrected chi connectivity index (χ0v) is 16.9. The highest BCUT2D eigenvalue weighted by Crippen LogP contribution is 2.24. The number of nitrogens with one attached hydrogen (secondary N) is 2. The van der Waals surface area contributed by atoms with Gasteiger partial charge >= 0.3 is 6.09 Å². The van der Waals surface area contributed by atoms with Gasteiger partial charge < -0.3 is 21.1 Å². The Morgan fingerprint density at radius 2 is 1.86 bits per heavy atom. The minimum Gasteiger partial charge on any atom is -0.445 e. The molecule has 8 nitrogen and oxygen atoms in total. The monoisotopic (exact) mass is 403 g/mol. The van der Waals surface area contributed by atoms with E-state index in [4.69, 9.17) is 10.5 Å². The van der Waals surface area contributed by atoms with E-state index in [-0.39, 0.29) is 30.6 Å². The topological polar surface area (TPSA) is 128 Å². The van der Waals surface area contributed by atoms with Gasteiger partial charge in [-0.2, -0.15) is 0 Å². The SMILES string of the molecule is CC(C)[C@@H](NC(=O)OCc1ccccc1)C(=O)N[C@@H](C(N)=O)[C@H]1CCCC(=O)C1. The number of carbonyl (C=O) groups excluding carboxylic acids is 4. The Labute approximate surface area is 170 Å². The smallest absolute Gasteiger partial charge is 0.408 e. The van der Waals surface area contributed by atoms with E-state index in [0.29, 0.717) is 19.3 Å². The molecule has 4 N–H and O–H groups in total. The molecule has 3 atom stereocenters. The largest absolute Gasteiger partial charge is 0.445 e. The zero-order chi connectivity index (χ0) is 21.4. The van der Waals surface area contributed by atoms with Crippen LogP contribution in [0.4, 0.5) is 4.79 Å². The van der Waals surface area contributed by atoms with Crippen molar-refractivity contribution in [3.8, 4) is 0 Å². The van der Waals surface area contributed by atoms with Crippen LogP contribution in [0.15, 0.2) is 30.3 Å². The first-order chi connectivity index (χ1) is 13.8. The minimum absolute atomic E-state index is 0.0600. The van der Waals surface area contributed by atoms with Crippen LogP contribution in [-0.2, 0) is 25.7 Å². The van der Waals surface area contributed by atoms with E-state index < -0.39 is 30.0 Å². The molecule has 1 aromatic rings. The Morgan fingerprint density at radius 3 is 2.45 bits per heavy atom. The van der Waals surface area contributed by atoms with Crippen molar-refractivity contribution in [3.05, 3.63) is 35.9 Å². The number of benzene rings is 1. The summed E-state index contributed by atoms with van der Waals surface area (Å²) in [5.41, 5.74) is 6.30. The second-order valence-electron chi connectivity index (χ2n) is 7.71. The number of Topliss-reactive ketones (excluding diaryl/α,β-unsaturated/α-hetero) is 1. The molecule has 3 amide bonds. The van der Waals surface area contributed by atoms with E-state index in [0.717, 1.165) is 5.56 Å². The normalized spacial score (nSPS) is 18.6. The lowest BCUT2D eigenvalue weighted by Gasteiger charge is -2.30. The number of primary amides is 1. The first kappa shape index (κ1) is 22.4. The number of carbonyl (C=O) groups is 4. The van der Waals surface area contributed by atoms with E-state index in [1.54, 1.807) is 13.8 Å². The van der Waals surface area contributed by atoms with E-state index in [1.165, 1.54) is 0 Å². The number of ketones is 1. The Kier molecular flexibility index (Phi) is 8.18. The third-order valence-electron chi connectivity index (χ3n) is 5.03. The van der Waals surface area contributed by atoms with Crippen LogP contribution in [0, 0.1) is 11.8 Å². The third kappa shape index (κ3) is 6.89. The summed E-state index contributed by atoms with van der Waals surface area (Å²) in [6, 6.07) is 7.32. The summed E-state index contributed by atoms with van der Waals surface area (Å²) in [5, 5.41) is 5.18. The van der Waals surface area contributed by atoms with Crippen LogP contribution in [-0.4, -0.2) is 35.8 Å². The van der Waals surface area contributed by atoms with Crippen molar-refractivity contribution in [2.45, 2.75) is 58.2 Å². The second kappa shape index (κ2) is 10.6. The van der Waals surface area contributed by atoms with Crippen molar-refractivity contribution in [1.29, 1.82) is 0 Å². The van der Waals surface area contributed by atoms with Gasteiger partial charge in [0.25, 0.3) is 0 Å². The molecule has 1 aromatic carbocycles. The molecule has 0 bridgehead atoms. The van der Waals surface area contributed by atoms with Gasteiger partial charge in [-0.1, -0.05) is 44.2 Å². The predicted octanol–water partition coefficient (Wildman–Crippen LogP) is 1.67. The van der Waals surface area contributed by atoms with E-state index in [1.807, 2.05) is 30.3 Å². The van der Waals surface area contributed by atoms with Crippen molar-refractivity contribution in [2.24, 2.45) is 17.6 Å². The van der Waals surface area contributed by atoms with Crippen molar-refractivity contribution in [1.82, 2.24) is 10.6 Å². The fourth-order valence-electron chi connectivity index (χ4n) is 3.43. The molecule has 0 spiro atoms. The molecule has 8 heteroatoms. The van der Waals surface area contributed by atoms with Crippen LogP contribution in [0.2, 0.25) is 0 Å². The molecule has 1 fully saturated rings. The maximum atomic E-state index is 12.8. The van der Waals surface area contributed by atoms with Crippen molar-refractivity contribution in [2.75, 3.05) is 0 Å². The molecule has 0 radical (unpaired) electrons. The van der Waals surface area contributed by atoms with Gasteiger partial charge in [0, 0.05) is 12.8 Å². The van der Waals surface area contributed by atoms with Gasteiger partial charge in [-0.25, -0.2) is 4.79 Å². The summed E-state index contributed by atoms with van der Waals surface area (Å²) in [5.74, 6) is -1.73. The van der Waals surface area contributed by atoms with Gasteiger partial charge in [0.05, 0.1) is 0 Å². The Hall–Kier alpha value is -2.90. The Morgan fingerprint density at radius 1 is 1.17 bits per heavy atom. The number of hydrogen-bond acceptors (Lipinski definition) is 5. The van der Waals surface area contributed by atoms with Crippen molar-refractivity contribution in [3.63, 3.8) is 0 Å². The molecule has 1 aliphatic rings. The average Bonchev–Trinajstić information content (AvgIpc) is 2.68. The number of rotatable bonds is 8. The lowest BCUT2D eigenvalue weighted by molar-refractivity contribution is -0.132. The summed E-state index contributed by atoms with van der Waals surface area (Å²) in [6.07, 6.45) is 1.28. The van der Waals surface area contributed by atoms with Gasteiger partial charge in [0.2, 0.25) is 11.8 Å². The molecule has 0 saturated heterocycles. The number of amides is 3. The first-order valence-electron chi connectivity index (χ1n) is 9.86. The number of hydrogen-bond donors (Lipinski definition) is 3. The van der Waals surface area contributed by atoms with Crippen LogP contribution in [0.5, 0.6) is 0 Å². The summed E-state index contributed by atoms with van der Waals surface area (Å²) < 4.78 is 5.18. The van der Waals surface area contributed by atoms with Crippen LogP contribution in [0.25, 0.3) is 0 Å². The molecule has 0 aromatic heterocycles. The Balaban J connectivity index is 1.96. The van der Waals surface area contributed by atoms with Crippen LogP contribution >= 0.6 is 0 Å². The van der Waals surface area contributed by atoms with Gasteiger partial charge in [-0.15, -0.1) is 0 Å². The van der Waals surface area contributed by atoms with E-state index >= 15 is 0 Å². The highest BCUT2D eigenvalue weighted by molar-refractivity contribution is 5.91. The molecule has 0 heterocycles. The van der Waals surface area contributed by atoms with Crippen LogP contribution < -0.4 is 16.4 Å². The highest BCUT2D eigenvalue weighted by Gasteiger charge is 2.34. The fraction of sp³-hybridized carbons (Fsp3) is 0.524. The van der Waals surface area contributed by atoms with Crippen LogP contribution in [0.1, 0.15) is 45.1 Å². The maximum absolute atomic E-state index is 12.8. The summed E-state index contributed by atoms with van der Waals surface area (Å²) >= 11 is 0. The predicted molar refractivity (Wildman–Crippen MR) is 106 cm³/mol. The fourth-order valence-corrected chi connectivity index (χ4v) is 3.43. The quantitative estimate of drug-likeness (QED) is 0.608. The summed E-state index contributed by atoms with van der Waals surface area (Å²) in [6.45, 7) is 3.61. The number of alkyl carbamates (subject to hydrolysis) is 1. The third-order valence-corrected chi connectivity index (χ3v) is 5.03. The molecular formula is C21H29N3O5. The molecule has 1 saturated carbocycles. The summed E-state index contributed by atoms with van der Waals surface area (Å²) in [7, 11) is 0. The van der Waals surface area contributed by atoms with Gasteiger partial charge in [-0.3, -0.25) is 14.4 Å². The van der Waals surface area contributed by atoms with Crippen molar-refractivity contribution < 1.29 is 23.9 Å². The Bertz CT molecular complexity index is 735. The maximum Gasteiger partial charge on any atom is 0.408 e. The minimum atomic E-state index is -0.949. The standard InChI is InChI=1S/C21H29N3O5/c1-13(2)17(24-21(28)29-12-14-7-4-3-5-8-14)20(27)23-18(19(22)26)15-9-6-10-16(25)11-15/h3-5,7-8,13,15,17-18H,6,9-12H2,1-2H3,(H2,22,26)(H,23,27)(H,24,28)/t15-,17+,18+/m0/s1. The molecule has 0 unspecified atom stereocenters. The number of ether oxygens (including phenoxy) is 1. The molecule has 1 aliphatic carbocycles. The second-order valence-corrected chi connectivity index (χ2v) is 7.71. The van der Waals surface area contributed by atoms with Gasteiger partial charge in [-0.05, 0) is 30.2 Å². The zero-order valence-electron chi connectivity index (χ0n) is 16.9. The number of nitrogens with two attached hydrogens (primary N) is 1. The van der Waals surface area contributed by atoms with Gasteiger partial charge in [0.1, 0.15) is 24.5 Å². The lowest BCUT2D eigenvalue weighted by atomic mass is 9.82. The molecule has 29 heavy (non-hydrogen) atoms. The molecule has 0 aliphatic heterocycles. The average molecular weight is 403 g/mol. The van der Waals surface area contributed by atoms with E-state index in [2.05, 4.69) is 10.6 Å². The first-order valence-corrected chi connectivity index (χ1v) is 9.86.